The third kappa shape index (κ3) is 8.35. The minimum absolute atomic E-state index is 0. The quantitative estimate of drug-likeness (QED) is 0.525. The van der Waals surface area contributed by atoms with Gasteiger partial charge in [0, 0.05) is 32.7 Å². The predicted octanol–water partition coefficient (Wildman–Crippen LogP) is 4.54. The van der Waals surface area contributed by atoms with Crippen LogP contribution in [0.5, 0.6) is 0 Å². The van der Waals surface area contributed by atoms with Crippen molar-refractivity contribution in [2.24, 2.45) is 23.7 Å². The molecule has 0 amide bonds. The Bertz CT molecular complexity index is 325. The monoisotopic (exact) mass is 409 g/mol. The van der Waals surface area contributed by atoms with Crippen molar-refractivity contribution < 1.29 is 51.1 Å². The van der Waals surface area contributed by atoms with Crippen molar-refractivity contribution >= 4 is 8.25 Å². The summed E-state index contributed by atoms with van der Waals surface area (Å²) in [6.07, 6.45) is 2.49. The Morgan fingerprint density at radius 1 is 1.09 bits per heavy atom. The smallest absolute Gasteiger partial charge is 0.319 e. The van der Waals surface area contributed by atoms with Crippen LogP contribution in [-0.2, 0) is 51.1 Å². The zero-order valence-corrected chi connectivity index (χ0v) is 18.8. The Morgan fingerprint density at radius 2 is 1.73 bits per heavy atom. The zero-order valence-electron chi connectivity index (χ0n) is 15.0. The molecule has 2 unspecified atom stereocenters. The Hall–Kier alpha value is 1.21. The van der Waals surface area contributed by atoms with E-state index in [2.05, 4.69) is 27.7 Å². The first-order valence-electron chi connectivity index (χ1n) is 8.26. The van der Waals surface area contributed by atoms with Gasteiger partial charge in [-0.15, -0.1) is 0 Å². The first kappa shape index (κ1) is 23.2. The molecule has 0 aromatic rings. The molecule has 6 heteroatoms. The van der Waals surface area contributed by atoms with Crippen LogP contribution in [0.4, 0.5) is 0 Å². The van der Waals surface area contributed by atoms with Crippen LogP contribution in [0.15, 0.2) is 0 Å². The largest absolute Gasteiger partial charge is 0.375 e. The van der Waals surface area contributed by atoms with E-state index in [1.807, 2.05) is 13.8 Å². The van der Waals surface area contributed by atoms with E-state index in [4.69, 9.17) is 13.8 Å². The van der Waals surface area contributed by atoms with E-state index in [9.17, 15) is 4.57 Å². The van der Waals surface area contributed by atoms with Crippen molar-refractivity contribution in [1.29, 1.82) is 0 Å². The molecule has 1 heterocycles. The van der Waals surface area contributed by atoms with Crippen molar-refractivity contribution in [2.45, 2.75) is 66.6 Å². The van der Waals surface area contributed by atoms with Crippen molar-refractivity contribution in [1.82, 2.24) is 0 Å². The molecular weight excluding hydrogens is 376 g/mol. The zero-order chi connectivity index (χ0) is 16.0. The van der Waals surface area contributed by atoms with Gasteiger partial charge in [0.15, 0.2) is 0 Å². The topological polar surface area (TPSA) is 44.8 Å². The average molecular weight is 409 g/mol. The number of ether oxygens (including phenoxy) is 1. The minimum Gasteiger partial charge on any atom is -0.375 e. The van der Waals surface area contributed by atoms with Crippen LogP contribution in [0.25, 0.3) is 0 Å². The molecule has 4 nitrogen and oxygen atoms in total. The molecule has 0 saturated carbocycles. The van der Waals surface area contributed by atoms with Crippen LogP contribution in [0.3, 0.4) is 0 Å². The Labute approximate surface area is 162 Å². The molecule has 1 fully saturated rings. The van der Waals surface area contributed by atoms with Gasteiger partial charge in [-0.25, -0.2) is 0 Å². The second-order valence-electron chi connectivity index (χ2n) is 7.12. The molecule has 1 saturated heterocycles. The van der Waals surface area contributed by atoms with Gasteiger partial charge in [0.1, 0.15) is 0 Å². The van der Waals surface area contributed by atoms with Crippen molar-refractivity contribution in [3.63, 3.8) is 0 Å². The summed E-state index contributed by atoms with van der Waals surface area (Å²) >= 11 is 0. The summed E-state index contributed by atoms with van der Waals surface area (Å²) in [5.74, 6) is 2.19. The second-order valence-corrected chi connectivity index (χ2v) is 8.20. The summed E-state index contributed by atoms with van der Waals surface area (Å²) in [6.45, 7) is 13.9. The molecule has 0 N–H and O–H groups in total. The van der Waals surface area contributed by atoms with E-state index in [0.717, 1.165) is 6.42 Å². The van der Waals surface area contributed by atoms with Crippen LogP contribution in [0.1, 0.15) is 54.4 Å². The molecule has 0 spiro atoms. The van der Waals surface area contributed by atoms with Gasteiger partial charge in [0.25, 0.3) is 0 Å². The van der Waals surface area contributed by atoms with E-state index in [1.54, 1.807) is 0 Å². The molecule has 1 aliphatic rings. The number of hydrogen-bond donors (Lipinski definition) is 0. The Morgan fingerprint density at radius 3 is 2.27 bits per heavy atom. The van der Waals surface area contributed by atoms with Gasteiger partial charge in [-0.2, -0.15) is 0 Å². The standard InChI is InChI=1S/C16H33O4P.Y/c1-11(2)9-15-13(5)14(6)20-16(15)7-8-18-21(17)19-10-12(3)4;/h11-16,21H,7-10H2,1-6H3;/t13?,14-,15+,16+;/m0./s1. The molecule has 5 atom stereocenters. The summed E-state index contributed by atoms with van der Waals surface area (Å²) in [5.41, 5.74) is 0. The van der Waals surface area contributed by atoms with Crippen molar-refractivity contribution in [3.05, 3.63) is 0 Å². The third-order valence-corrected chi connectivity index (χ3v) is 5.03. The van der Waals surface area contributed by atoms with Gasteiger partial charge >= 0.3 is 8.25 Å². The average Bonchev–Trinajstić information content (AvgIpc) is 2.64. The summed E-state index contributed by atoms with van der Waals surface area (Å²) < 4.78 is 28.2. The molecular formula is C16H33O4PY. The molecule has 0 aromatic carbocycles. The van der Waals surface area contributed by atoms with Gasteiger partial charge in [-0.3, -0.25) is 4.57 Å². The molecule has 1 rings (SSSR count). The predicted molar refractivity (Wildman–Crippen MR) is 86.8 cm³/mol. The van der Waals surface area contributed by atoms with Gasteiger partial charge in [-0.1, -0.05) is 34.6 Å². The van der Waals surface area contributed by atoms with Crippen LogP contribution in [0, 0.1) is 23.7 Å². The maximum atomic E-state index is 11.6. The third-order valence-electron chi connectivity index (χ3n) is 4.18. The van der Waals surface area contributed by atoms with Crippen LogP contribution >= 0.6 is 8.25 Å². The maximum absolute atomic E-state index is 11.6. The van der Waals surface area contributed by atoms with Gasteiger partial charge < -0.3 is 13.8 Å². The molecule has 0 bridgehead atoms. The van der Waals surface area contributed by atoms with E-state index < -0.39 is 8.25 Å². The second kappa shape index (κ2) is 11.7. The first-order chi connectivity index (χ1) is 9.81. The van der Waals surface area contributed by atoms with E-state index in [-0.39, 0.29) is 38.8 Å². The molecule has 1 aliphatic heterocycles. The molecule has 22 heavy (non-hydrogen) atoms. The summed E-state index contributed by atoms with van der Waals surface area (Å²) in [5, 5.41) is 0. The maximum Gasteiger partial charge on any atom is 0.319 e. The number of hydrogen-bond acceptors (Lipinski definition) is 4. The van der Waals surface area contributed by atoms with E-state index in [0.29, 0.717) is 43.0 Å². The first-order valence-corrected chi connectivity index (χ1v) is 9.48. The van der Waals surface area contributed by atoms with Crippen LogP contribution in [-0.4, -0.2) is 25.4 Å². The molecule has 129 valence electrons. The van der Waals surface area contributed by atoms with Crippen LogP contribution in [0.2, 0.25) is 0 Å². The van der Waals surface area contributed by atoms with Gasteiger partial charge in [0.05, 0.1) is 25.4 Å². The molecule has 1 radical (unpaired) electrons. The van der Waals surface area contributed by atoms with Crippen LogP contribution < -0.4 is 0 Å². The van der Waals surface area contributed by atoms with Crippen molar-refractivity contribution in [2.75, 3.05) is 13.2 Å². The fraction of sp³-hybridized carbons (Fsp3) is 1.00. The van der Waals surface area contributed by atoms with Gasteiger partial charge in [0.2, 0.25) is 0 Å². The Balaban J connectivity index is 0.00000441. The summed E-state index contributed by atoms with van der Waals surface area (Å²) in [6, 6.07) is 0. The van der Waals surface area contributed by atoms with E-state index >= 15 is 0 Å². The van der Waals surface area contributed by atoms with E-state index in [1.165, 1.54) is 6.42 Å². The normalized spacial score (nSPS) is 29.8. The molecule has 0 aliphatic carbocycles. The van der Waals surface area contributed by atoms with Gasteiger partial charge in [-0.05, 0) is 43.4 Å². The SMILES string of the molecule is CC(C)CO[PH](=O)OCC[C@H]1O[C@@H](C)C(C)[C@H]1CC(C)C.[Y]. The summed E-state index contributed by atoms with van der Waals surface area (Å²) in [4.78, 5) is 0. The Kier molecular flexibility index (Phi) is 12.4. The van der Waals surface area contributed by atoms with Crippen molar-refractivity contribution in [3.8, 4) is 0 Å². The summed E-state index contributed by atoms with van der Waals surface area (Å²) in [7, 11) is -2.35. The number of rotatable bonds is 9. The molecule has 0 aromatic heterocycles. The fourth-order valence-electron chi connectivity index (χ4n) is 2.91. The minimum atomic E-state index is -2.35. The fourth-order valence-corrected chi connectivity index (χ4v) is 3.75.